The van der Waals surface area contributed by atoms with Crippen LogP contribution in [0.3, 0.4) is 0 Å². The van der Waals surface area contributed by atoms with Crippen LogP contribution in [0, 0.1) is 5.82 Å². The molecule has 0 aliphatic carbocycles. The van der Waals surface area contributed by atoms with Crippen LogP contribution in [0.15, 0.2) is 67.3 Å². The van der Waals surface area contributed by atoms with Crippen molar-refractivity contribution < 1.29 is 23.5 Å². The molecule has 3 amide bonds. The smallest absolute Gasteiger partial charge is 0.320 e. The maximum Gasteiger partial charge on any atom is 0.320 e. The van der Waals surface area contributed by atoms with Crippen LogP contribution in [0.5, 0.6) is 11.5 Å². The molecule has 1 fully saturated rings. The molecule has 0 spiro atoms. The predicted molar refractivity (Wildman–Crippen MR) is 134 cm³/mol. The quantitative estimate of drug-likeness (QED) is 0.337. The topological polar surface area (TPSA) is 145 Å². The van der Waals surface area contributed by atoms with Gasteiger partial charge in [0.15, 0.2) is 17.3 Å². The lowest BCUT2D eigenvalue weighted by molar-refractivity contribution is 0.0806. The Morgan fingerprint density at radius 3 is 2.74 bits per heavy atom. The number of urea groups is 1. The van der Waals surface area contributed by atoms with Crippen molar-refractivity contribution in [2.24, 2.45) is 0 Å². The fraction of sp³-hybridized carbons (Fsp3) is 0.200. The summed E-state index contributed by atoms with van der Waals surface area (Å²) in [6, 6.07) is 10.1. The molecule has 5 rings (SSSR count). The highest BCUT2D eigenvalue weighted by Gasteiger charge is 2.17. The van der Waals surface area contributed by atoms with E-state index in [0.717, 1.165) is 18.9 Å². The molecule has 0 radical (unpaired) electrons. The van der Waals surface area contributed by atoms with Gasteiger partial charge >= 0.3 is 6.03 Å². The second-order valence-electron chi connectivity index (χ2n) is 8.32. The van der Waals surface area contributed by atoms with Crippen LogP contribution in [0.4, 0.5) is 20.7 Å². The fourth-order valence-corrected chi connectivity index (χ4v) is 3.69. The molecule has 38 heavy (non-hydrogen) atoms. The summed E-state index contributed by atoms with van der Waals surface area (Å²) in [6.45, 7) is 1.21. The number of ether oxygens (including phenoxy) is 2. The first-order valence-corrected chi connectivity index (χ1v) is 11.8. The summed E-state index contributed by atoms with van der Waals surface area (Å²) >= 11 is 0. The Kier molecular flexibility index (Phi) is 7.45. The lowest BCUT2D eigenvalue weighted by Gasteiger charge is -2.23. The number of aromatic nitrogens is 5. The monoisotopic (exact) mass is 518 g/mol. The van der Waals surface area contributed by atoms with Crippen LogP contribution < -0.4 is 20.7 Å². The van der Waals surface area contributed by atoms with E-state index in [1.807, 2.05) is 0 Å². The normalized spacial score (nSPS) is 13.5. The van der Waals surface area contributed by atoms with E-state index in [2.05, 4.69) is 36.2 Å². The van der Waals surface area contributed by atoms with E-state index in [4.69, 9.17) is 9.47 Å². The summed E-state index contributed by atoms with van der Waals surface area (Å²) < 4.78 is 27.1. The van der Waals surface area contributed by atoms with Crippen LogP contribution in [-0.2, 0) is 4.74 Å². The van der Waals surface area contributed by atoms with Crippen molar-refractivity contribution in [1.29, 1.82) is 0 Å². The average molecular weight is 519 g/mol. The summed E-state index contributed by atoms with van der Waals surface area (Å²) in [7, 11) is 0. The summed E-state index contributed by atoms with van der Waals surface area (Å²) in [5, 5.41) is 15.9. The Bertz CT molecular complexity index is 1430. The van der Waals surface area contributed by atoms with Gasteiger partial charge in [-0.2, -0.15) is 0 Å². The zero-order valence-corrected chi connectivity index (χ0v) is 20.0. The standard InChI is InChI=1S/C25H23FN8O4/c26-20-12-17(29-24(35)21-15-34(33-32-21)18-2-1-8-27-14-18)3-4-22(20)38-19-5-9-28-23(13-19)31-25(36)30-16-6-10-37-11-7-16/h1-5,8-9,12-16H,6-7,10-11H2,(H,29,35)(H2,28,30,31,36). The molecule has 194 valence electrons. The van der Waals surface area contributed by atoms with Gasteiger partial charge in [0.05, 0.1) is 18.1 Å². The number of rotatable bonds is 7. The molecule has 12 nitrogen and oxygen atoms in total. The minimum Gasteiger partial charge on any atom is -0.454 e. The van der Waals surface area contributed by atoms with E-state index in [-0.39, 0.29) is 34.7 Å². The zero-order chi connectivity index (χ0) is 26.3. The number of carbonyl (C=O) groups excluding carboxylic acids is 2. The van der Waals surface area contributed by atoms with Crippen LogP contribution >= 0.6 is 0 Å². The van der Waals surface area contributed by atoms with E-state index in [9.17, 15) is 14.0 Å². The number of nitrogens with zero attached hydrogens (tertiary/aromatic N) is 5. The lowest BCUT2D eigenvalue weighted by Crippen LogP contribution is -2.41. The van der Waals surface area contributed by atoms with Crippen LogP contribution in [0.1, 0.15) is 23.3 Å². The van der Waals surface area contributed by atoms with Crippen LogP contribution in [0.2, 0.25) is 0 Å². The van der Waals surface area contributed by atoms with E-state index in [0.29, 0.717) is 18.9 Å². The van der Waals surface area contributed by atoms with Crippen molar-refractivity contribution in [2.45, 2.75) is 18.9 Å². The number of carbonyl (C=O) groups is 2. The van der Waals surface area contributed by atoms with Gasteiger partial charge in [-0.05, 0) is 43.2 Å². The SMILES string of the molecule is O=C(Nc1cc(Oc2ccc(NC(=O)c3cn(-c4cccnc4)nn3)cc2F)ccn1)NC1CCOCC1. The highest BCUT2D eigenvalue weighted by atomic mass is 19.1. The number of nitrogens with one attached hydrogen (secondary N) is 3. The molecule has 0 saturated carbocycles. The number of pyridine rings is 2. The molecule has 1 aliphatic rings. The summed E-state index contributed by atoms with van der Waals surface area (Å²) in [6.07, 6.45) is 7.56. The highest BCUT2D eigenvalue weighted by molar-refractivity contribution is 6.02. The molecule has 1 aromatic carbocycles. The average Bonchev–Trinajstić information content (AvgIpc) is 3.42. The van der Waals surface area contributed by atoms with Crippen LogP contribution in [0.25, 0.3) is 5.69 Å². The number of halogens is 1. The largest absolute Gasteiger partial charge is 0.454 e. The number of benzene rings is 1. The van der Waals surface area contributed by atoms with Gasteiger partial charge in [0, 0.05) is 49.5 Å². The maximum atomic E-state index is 14.8. The molecule has 3 N–H and O–H groups in total. The minimum atomic E-state index is -0.703. The molecule has 0 unspecified atom stereocenters. The number of amides is 3. The first-order chi connectivity index (χ1) is 18.5. The third-order valence-corrected chi connectivity index (χ3v) is 5.58. The van der Waals surface area contributed by atoms with Gasteiger partial charge in [-0.15, -0.1) is 5.10 Å². The van der Waals surface area contributed by atoms with Gasteiger partial charge in [0.2, 0.25) is 0 Å². The molecule has 0 bridgehead atoms. The van der Waals surface area contributed by atoms with Crippen molar-refractivity contribution in [3.8, 4) is 17.2 Å². The van der Waals surface area contributed by atoms with Crippen LogP contribution in [-0.4, -0.2) is 56.2 Å². The Morgan fingerprint density at radius 1 is 1.08 bits per heavy atom. The molecule has 4 heterocycles. The molecule has 13 heteroatoms. The highest BCUT2D eigenvalue weighted by Crippen LogP contribution is 2.28. The second-order valence-corrected chi connectivity index (χ2v) is 8.32. The number of hydrogen-bond acceptors (Lipinski definition) is 8. The molecule has 1 saturated heterocycles. The maximum absolute atomic E-state index is 14.8. The van der Waals surface area contributed by atoms with Gasteiger partial charge in [-0.3, -0.25) is 15.1 Å². The Hall–Kier alpha value is -4.91. The summed E-state index contributed by atoms with van der Waals surface area (Å²) in [5.74, 6) is -0.823. The van der Waals surface area contributed by atoms with Crippen molar-refractivity contribution in [3.63, 3.8) is 0 Å². The Morgan fingerprint density at radius 2 is 1.95 bits per heavy atom. The molecule has 3 aromatic heterocycles. The Balaban J connectivity index is 1.19. The van der Waals surface area contributed by atoms with E-state index >= 15 is 0 Å². The van der Waals surface area contributed by atoms with Crippen molar-refractivity contribution in [1.82, 2.24) is 30.3 Å². The molecular formula is C25H23FN8O4. The lowest BCUT2D eigenvalue weighted by atomic mass is 10.1. The Labute approximate surface area is 216 Å². The predicted octanol–water partition coefficient (Wildman–Crippen LogP) is 3.54. The van der Waals surface area contributed by atoms with E-state index in [1.165, 1.54) is 41.3 Å². The van der Waals surface area contributed by atoms with Gasteiger partial charge in [-0.25, -0.2) is 18.9 Å². The number of anilines is 2. The first-order valence-electron chi connectivity index (χ1n) is 11.8. The summed E-state index contributed by atoms with van der Waals surface area (Å²) in [4.78, 5) is 32.9. The van der Waals surface area contributed by atoms with Crippen molar-refractivity contribution in [2.75, 3.05) is 23.8 Å². The molecule has 1 aliphatic heterocycles. The van der Waals surface area contributed by atoms with Gasteiger partial charge in [-0.1, -0.05) is 5.21 Å². The molecular weight excluding hydrogens is 495 g/mol. The van der Waals surface area contributed by atoms with Crippen molar-refractivity contribution >= 4 is 23.4 Å². The molecule has 4 aromatic rings. The van der Waals surface area contributed by atoms with Gasteiger partial charge in [0.1, 0.15) is 11.6 Å². The van der Waals surface area contributed by atoms with E-state index < -0.39 is 17.8 Å². The number of hydrogen-bond donors (Lipinski definition) is 3. The minimum absolute atomic E-state index is 0.0319. The molecule has 0 atom stereocenters. The van der Waals surface area contributed by atoms with E-state index in [1.54, 1.807) is 24.5 Å². The fourth-order valence-electron chi connectivity index (χ4n) is 3.69. The zero-order valence-electron chi connectivity index (χ0n) is 20.0. The second kappa shape index (κ2) is 11.4. The van der Waals surface area contributed by atoms with Crippen molar-refractivity contribution in [3.05, 3.63) is 78.8 Å². The van der Waals surface area contributed by atoms with Gasteiger partial charge in [0.25, 0.3) is 5.91 Å². The first kappa shape index (κ1) is 24.8. The third-order valence-electron chi connectivity index (χ3n) is 5.58. The summed E-state index contributed by atoms with van der Waals surface area (Å²) in [5.41, 5.74) is 0.894. The van der Waals surface area contributed by atoms with Gasteiger partial charge < -0.3 is 20.1 Å². The third kappa shape index (κ3) is 6.25.